The van der Waals surface area contributed by atoms with Crippen LogP contribution in [0.5, 0.6) is 11.5 Å². The lowest BCUT2D eigenvalue weighted by Crippen LogP contribution is -2.41. The lowest BCUT2D eigenvalue weighted by Gasteiger charge is -2.36. The van der Waals surface area contributed by atoms with Crippen LogP contribution in [-0.4, -0.2) is 39.3 Å². The third kappa shape index (κ3) is 3.13. The molecule has 0 radical (unpaired) electrons. The van der Waals surface area contributed by atoms with Gasteiger partial charge in [0.25, 0.3) is 5.69 Å². The molecule has 1 unspecified atom stereocenters. The molecule has 1 atom stereocenters. The standard InChI is InChI=1S/C18H18N2O6/c1-2-26-18(23)19-8-7-11-3-5-13(20(24)25)10-14(11)17(19)12-4-6-15(21)16(22)9-12/h3-6,9-10,17,21-22H,2,7-8H2,1H3. The normalized spacial score (nSPS) is 16.0. The fourth-order valence-electron chi connectivity index (χ4n) is 3.19. The highest BCUT2D eigenvalue weighted by Crippen LogP contribution is 2.39. The van der Waals surface area contributed by atoms with Gasteiger partial charge in [0, 0.05) is 18.7 Å². The molecular formula is C18H18N2O6. The van der Waals surface area contributed by atoms with Gasteiger partial charge in [-0.1, -0.05) is 12.1 Å². The highest BCUT2D eigenvalue weighted by atomic mass is 16.6. The predicted molar refractivity (Wildman–Crippen MR) is 92.1 cm³/mol. The second-order valence-electron chi connectivity index (χ2n) is 5.93. The third-order valence-electron chi connectivity index (χ3n) is 4.39. The topological polar surface area (TPSA) is 113 Å². The molecule has 0 saturated carbocycles. The Morgan fingerprint density at radius 3 is 2.69 bits per heavy atom. The van der Waals surface area contributed by atoms with Gasteiger partial charge in [0.05, 0.1) is 17.6 Å². The van der Waals surface area contributed by atoms with Crippen LogP contribution in [0.3, 0.4) is 0 Å². The van der Waals surface area contributed by atoms with E-state index in [1.54, 1.807) is 19.1 Å². The minimum absolute atomic E-state index is 0.0811. The highest BCUT2D eigenvalue weighted by Gasteiger charge is 2.34. The summed E-state index contributed by atoms with van der Waals surface area (Å²) in [7, 11) is 0. The van der Waals surface area contributed by atoms with E-state index in [4.69, 9.17) is 4.74 Å². The monoisotopic (exact) mass is 358 g/mol. The fourth-order valence-corrected chi connectivity index (χ4v) is 3.19. The van der Waals surface area contributed by atoms with Crippen molar-refractivity contribution in [1.29, 1.82) is 0 Å². The number of phenolic OH excluding ortho intramolecular Hbond substituents is 2. The highest BCUT2D eigenvalue weighted by molar-refractivity contribution is 5.70. The van der Waals surface area contributed by atoms with Gasteiger partial charge in [0.1, 0.15) is 0 Å². The van der Waals surface area contributed by atoms with Crippen LogP contribution in [0.15, 0.2) is 36.4 Å². The first-order chi connectivity index (χ1) is 12.4. The van der Waals surface area contributed by atoms with Crippen molar-refractivity contribution in [3.63, 3.8) is 0 Å². The molecule has 1 aliphatic rings. The Labute approximate surface area is 149 Å². The van der Waals surface area contributed by atoms with E-state index in [0.29, 0.717) is 24.1 Å². The van der Waals surface area contributed by atoms with Gasteiger partial charge >= 0.3 is 6.09 Å². The number of carbonyl (C=O) groups is 1. The Hall–Kier alpha value is -3.29. The van der Waals surface area contributed by atoms with Crippen LogP contribution in [0.4, 0.5) is 10.5 Å². The largest absolute Gasteiger partial charge is 0.504 e. The quantitative estimate of drug-likeness (QED) is 0.495. The maximum atomic E-state index is 12.4. The van der Waals surface area contributed by atoms with Crippen molar-refractivity contribution >= 4 is 11.8 Å². The summed E-state index contributed by atoms with van der Waals surface area (Å²) in [5.74, 6) is -0.615. The lowest BCUT2D eigenvalue weighted by molar-refractivity contribution is -0.385. The first-order valence-corrected chi connectivity index (χ1v) is 8.15. The van der Waals surface area contributed by atoms with E-state index >= 15 is 0 Å². The van der Waals surface area contributed by atoms with Crippen LogP contribution in [0, 0.1) is 10.1 Å². The molecule has 8 nitrogen and oxygen atoms in total. The van der Waals surface area contributed by atoms with E-state index in [9.17, 15) is 25.1 Å². The van der Waals surface area contributed by atoms with Crippen LogP contribution in [0.25, 0.3) is 0 Å². The van der Waals surface area contributed by atoms with Crippen molar-refractivity contribution < 1.29 is 24.7 Å². The first-order valence-electron chi connectivity index (χ1n) is 8.15. The Morgan fingerprint density at radius 2 is 2.04 bits per heavy atom. The van der Waals surface area contributed by atoms with Gasteiger partial charge in [-0.2, -0.15) is 0 Å². The molecule has 1 amide bonds. The summed E-state index contributed by atoms with van der Waals surface area (Å²) in [4.78, 5) is 24.6. The van der Waals surface area contributed by atoms with Gasteiger partial charge in [-0.05, 0) is 42.2 Å². The van der Waals surface area contributed by atoms with E-state index in [1.807, 2.05) is 0 Å². The number of fused-ring (bicyclic) bond motifs is 1. The van der Waals surface area contributed by atoms with Gasteiger partial charge in [-0.3, -0.25) is 15.0 Å². The van der Waals surface area contributed by atoms with Crippen molar-refractivity contribution in [2.75, 3.05) is 13.2 Å². The van der Waals surface area contributed by atoms with Crippen molar-refractivity contribution in [3.8, 4) is 11.5 Å². The number of aromatic hydroxyl groups is 2. The first kappa shape index (κ1) is 17.5. The van der Waals surface area contributed by atoms with Gasteiger partial charge in [-0.15, -0.1) is 0 Å². The van der Waals surface area contributed by atoms with Gasteiger partial charge in [0.2, 0.25) is 0 Å². The van der Waals surface area contributed by atoms with Crippen molar-refractivity contribution in [2.24, 2.45) is 0 Å². The molecule has 0 aromatic heterocycles. The molecule has 1 aliphatic heterocycles. The maximum absolute atomic E-state index is 12.4. The Kier molecular flexibility index (Phi) is 4.66. The smallest absolute Gasteiger partial charge is 0.410 e. The number of nitrogens with zero attached hydrogens (tertiary/aromatic N) is 2. The number of phenols is 2. The average molecular weight is 358 g/mol. The van der Waals surface area contributed by atoms with Crippen molar-refractivity contribution in [2.45, 2.75) is 19.4 Å². The van der Waals surface area contributed by atoms with Gasteiger partial charge in [0.15, 0.2) is 11.5 Å². The third-order valence-corrected chi connectivity index (χ3v) is 4.39. The van der Waals surface area contributed by atoms with E-state index in [2.05, 4.69) is 0 Å². The molecule has 0 aliphatic carbocycles. The van der Waals surface area contributed by atoms with Crippen LogP contribution in [-0.2, 0) is 11.2 Å². The number of carbonyl (C=O) groups excluding carboxylic acids is 1. The molecule has 8 heteroatoms. The molecule has 26 heavy (non-hydrogen) atoms. The maximum Gasteiger partial charge on any atom is 0.410 e. The molecule has 136 valence electrons. The zero-order valence-corrected chi connectivity index (χ0v) is 14.1. The zero-order chi connectivity index (χ0) is 18.8. The number of nitro benzene ring substituents is 1. The Bertz CT molecular complexity index is 867. The van der Waals surface area contributed by atoms with Gasteiger partial charge < -0.3 is 14.9 Å². The predicted octanol–water partition coefficient (Wildman–Crippen LogP) is 3.11. The number of nitro groups is 1. The van der Waals surface area contributed by atoms with Crippen LogP contribution >= 0.6 is 0 Å². The van der Waals surface area contributed by atoms with E-state index in [1.165, 1.54) is 29.2 Å². The van der Waals surface area contributed by atoms with Crippen LogP contribution in [0.1, 0.15) is 29.7 Å². The van der Waals surface area contributed by atoms with Gasteiger partial charge in [-0.25, -0.2) is 4.79 Å². The van der Waals surface area contributed by atoms with E-state index in [0.717, 1.165) is 5.56 Å². The SMILES string of the molecule is CCOC(=O)N1CCc2ccc([N+](=O)[O-])cc2C1c1ccc(O)c(O)c1. The van der Waals surface area contributed by atoms with E-state index in [-0.39, 0.29) is 23.8 Å². The second-order valence-corrected chi connectivity index (χ2v) is 5.93. The summed E-state index contributed by atoms with van der Waals surface area (Å²) in [5.41, 5.74) is 1.93. The summed E-state index contributed by atoms with van der Waals surface area (Å²) in [6, 6.07) is 8.13. The molecule has 2 N–H and O–H groups in total. The number of ether oxygens (including phenoxy) is 1. The average Bonchev–Trinajstić information content (AvgIpc) is 2.62. The minimum Gasteiger partial charge on any atom is -0.504 e. The Balaban J connectivity index is 2.15. The van der Waals surface area contributed by atoms with Crippen molar-refractivity contribution in [1.82, 2.24) is 4.90 Å². The number of hydrogen-bond donors (Lipinski definition) is 2. The van der Waals surface area contributed by atoms with E-state index < -0.39 is 17.1 Å². The molecule has 2 aromatic rings. The summed E-state index contributed by atoms with van der Waals surface area (Å²) < 4.78 is 5.12. The summed E-state index contributed by atoms with van der Waals surface area (Å²) in [6.45, 7) is 2.27. The fraction of sp³-hybridized carbons (Fsp3) is 0.278. The molecule has 0 fully saturated rings. The number of non-ortho nitro benzene ring substituents is 1. The summed E-state index contributed by atoms with van der Waals surface area (Å²) in [5, 5.41) is 30.6. The Morgan fingerprint density at radius 1 is 1.27 bits per heavy atom. The number of rotatable bonds is 3. The zero-order valence-electron chi connectivity index (χ0n) is 14.1. The van der Waals surface area contributed by atoms with Crippen LogP contribution in [0.2, 0.25) is 0 Å². The number of amides is 1. The lowest BCUT2D eigenvalue weighted by atomic mass is 9.88. The minimum atomic E-state index is -0.663. The molecule has 0 saturated heterocycles. The molecule has 2 aromatic carbocycles. The molecule has 3 rings (SSSR count). The molecule has 0 spiro atoms. The summed E-state index contributed by atoms with van der Waals surface area (Å²) >= 11 is 0. The molecule has 1 heterocycles. The van der Waals surface area contributed by atoms with Crippen LogP contribution < -0.4 is 0 Å². The molecule has 0 bridgehead atoms. The van der Waals surface area contributed by atoms with Crippen molar-refractivity contribution in [3.05, 3.63) is 63.2 Å². The number of hydrogen-bond acceptors (Lipinski definition) is 6. The molecular weight excluding hydrogens is 340 g/mol. The second kappa shape index (κ2) is 6.91. The summed E-state index contributed by atoms with van der Waals surface area (Å²) in [6.07, 6.45) is -0.00518. The number of benzene rings is 2.